The predicted molar refractivity (Wildman–Crippen MR) is 81.5 cm³/mol. The second-order valence-corrected chi connectivity index (χ2v) is 6.14. The van der Waals surface area contributed by atoms with Gasteiger partial charge in [0.15, 0.2) is 5.78 Å². The number of carbonyl (C=O) groups excluding carboxylic acids is 1. The van der Waals surface area contributed by atoms with Crippen LogP contribution in [0.25, 0.3) is 0 Å². The maximum atomic E-state index is 12.1. The molecule has 1 rings (SSSR count). The van der Waals surface area contributed by atoms with Crippen LogP contribution in [0.3, 0.4) is 0 Å². The van der Waals surface area contributed by atoms with Crippen LogP contribution in [0.1, 0.15) is 44.2 Å². The van der Waals surface area contributed by atoms with Gasteiger partial charge in [0.25, 0.3) is 0 Å². The van der Waals surface area contributed by atoms with Crippen molar-refractivity contribution >= 4 is 17.1 Å². The first-order valence-corrected chi connectivity index (χ1v) is 8.20. The molecule has 0 N–H and O–H groups in total. The predicted octanol–water partition coefficient (Wildman–Crippen LogP) is 0.224. The summed E-state index contributed by atoms with van der Waals surface area (Å²) in [6.07, 6.45) is 2.66. The largest absolute Gasteiger partial charge is 1.00 e. The number of rotatable bonds is 9. The number of likely N-dealkylation sites (N-methyl/N-ethyl adjacent to an activating group) is 1. The van der Waals surface area contributed by atoms with Crippen molar-refractivity contribution in [2.75, 3.05) is 26.2 Å². The molecular formula is C15H27BrN2OS. The Hall–Kier alpha value is -0.260. The van der Waals surface area contributed by atoms with Crippen LogP contribution in [0.2, 0.25) is 0 Å². The number of halogens is 1. The fourth-order valence-corrected chi connectivity index (χ4v) is 3.30. The number of Topliss-reactive ketones (excluding diaryl/α,β-unsaturated/α-hetero) is 1. The Bertz CT molecular complexity index is 394. The van der Waals surface area contributed by atoms with Crippen LogP contribution in [-0.4, -0.2) is 41.4 Å². The van der Waals surface area contributed by atoms with Crippen molar-refractivity contribution < 1.29 is 26.3 Å². The van der Waals surface area contributed by atoms with Crippen molar-refractivity contribution in [1.82, 2.24) is 4.98 Å². The van der Waals surface area contributed by atoms with E-state index in [4.69, 9.17) is 0 Å². The van der Waals surface area contributed by atoms with Gasteiger partial charge < -0.3 is 21.5 Å². The Morgan fingerprint density at radius 2 is 1.85 bits per heavy atom. The van der Waals surface area contributed by atoms with Crippen molar-refractivity contribution in [1.29, 1.82) is 0 Å². The standard InChI is InChI=1S/C15H27N2OS.BrH/c1-5-17(6-2,7-3)11-14(18)9-8-10-15-13(4)16-12-19-15;/h12H,5-11H2,1-4H3;1H/q+1;/p-1. The monoisotopic (exact) mass is 362 g/mol. The Kier molecular flexibility index (Phi) is 9.51. The minimum absolute atomic E-state index is 0. The number of ketones is 1. The van der Waals surface area contributed by atoms with E-state index in [9.17, 15) is 4.79 Å². The molecular weight excluding hydrogens is 336 g/mol. The fraction of sp³-hybridized carbons (Fsp3) is 0.733. The molecule has 0 saturated heterocycles. The first kappa shape index (κ1) is 19.7. The number of hydrogen-bond donors (Lipinski definition) is 0. The highest BCUT2D eigenvalue weighted by Gasteiger charge is 2.24. The van der Waals surface area contributed by atoms with Crippen LogP contribution >= 0.6 is 11.3 Å². The molecule has 0 fully saturated rings. The molecule has 1 aromatic rings. The molecule has 0 amide bonds. The quantitative estimate of drug-likeness (QED) is 0.588. The summed E-state index contributed by atoms with van der Waals surface area (Å²) in [5.41, 5.74) is 3.01. The van der Waals surface area contributed by atoms with Gasteiger partial charge >= 0.3 is 0 Å². The van der Waals surface area contributed by atoms with E-state index in [2.05, 4.69) is 25.8 Å². The van der Waals surface area contributed by atoms with E-state index in [1.54, 1.807) is 11.3 Å². The second kappa shape index (κ2) is 9.64. The molecule has 1 heterocycles. The molecule has 0 radical (unpaired) electrons. The van der Waals surface area contributed by atoms with E-state index in [0.29, 0.717) is 18.7 Å². The average molecular weight is 363 g/mol. The van der Waals surface area contributed by atoms with Gasteiger partial charge in [-0.2, -0.15) is 0 Å². The number of hydrogen-bond acceptors (Lipinski definition) is 3. The lowest BCUT2D eigenvalue weighted by molar-refractivity contribution is -0.915. The van der Waals surface area contributed by atoms with Crippen molar-refractivity contribution in [2.45, 2.75) is 47.0 Å². The third-order valence-corrected chi connectivity index (χ3v) is 5.22. The minimum Gasteiger partial charge on any atom is -1.00 e. The van der Waals surface area contributed by atoms with Crippen molar-refractivity contribution in [3.05, 3.63) is 16.1 Å². The zero-order valence-electron chi connectivity index (χ0n) is 13.1. The molecule has 0 aliphatic rings. The van der Waals surface area contributed by atoms with E-state index in [1.807, 2.05) is 12.4 Å². The number of thiazole rings is 1. The molecule has 0 aliphatic carbocycles. The summed E-state index contributed by atoms with van der Waals surface area (Å²) in [5.74, 6) is 0.410. The van der Waals surface area contributed by atoms with Gasteiger partial charge in [-0.1, -0.05) is 0 Å². The minimum atomic E-state index is 0. The van der Waals surface area contributed by atoms with Gasteiger partial charge in [-0.05, 0) is 40.5 Å². The van der Waals surface area contributed by atoms with Crippen LogP contribution in [0, 0.1) is 6.92 Å². The molecule has 1 aromatic heterocycles. The molecule has 0 aromatic carbocycles. The highest BCUT2D eigenvalue weighted by Crippen LogP contribution is 2.16. The first-order valence-electron chi connectivity index (χ1n) is 7.32. The second-order valence-electron chi connectivity index (χ2n) is 5.20. The maximum absolute atomic E-state index is 12.1. The summed E-state index contributed by atoms with van der Waals surface area (Å²) in [6, 6.07) is 0. The fourth-order valence-electron chi connectivity index (χ4n) is 2.47. The van der Waals surface area contributed by atoms with Crippen LogP contribution in [0.5, 0.6) is 0 Å². The molecule has 0 unspecified atom stereocenters. The van der Waals surface area contributed by atoms with Gasteiger partial charge in [0.2, 0.25) is 0 Å². The smallest absolute Gasteiger partial charge is 0.186 e. The summed E-state index contributed by atoms with van der Waals surface area (Å²) in [7, 11) is 0. The third kappa shape index (κ3) is 5.62. The number of aromatic nitrogens is 1. The molecule has 0 aliphatic heterocycles. The number of carbonyl (C=O) groups is 1. The topological polar surface area (TPSA) is 30.0 Å². The molecule has 116 valence electrons. The van der Waals surface area contributed by atoms with Crippen molar-refractivity contribution in [3.8, 4) is 0 Å². The molecule has 5 heteroatoms. The summed E-state index contributed by atoms with van der Waals surface area (Å²) < 4.78 is 0.929. The lowest BCUT2D eigenvalue weighted by Crippen LogP contribution is -3.00. The Balaban J connectivity index is 0.00000361. The zero-order valence-corrected chi connectivity index (χ0v) is 15.5. The van der Waals surface area contributed by atoms with E-state index in [0.717, 1.165) is 42.7 Å². The molecule has 3 nitrogen and oxygen atoms in total. The average Bonchev–Trinajstić information content (AvgIpc) is 2.82. The summed E-state index contributed by atoms with van der Waals surface area (Å²) in [6.45, 7) is 12.4. The van der Waals surface area contributed by atoms with Crippen LogP contribution in [0.4, 0.5) is 0 Å². The van der Waals surface area contributed by atoms with Gasteiger partial charge in [-0.3, -0.25) is 4.79 Å². The van der Waals surface area contributed by atoms with E-state index in [1.165, 1.54) is 4.88 Å². The van der Waals surface area contributed by atoms with Crippen molar-refractivity contribution in [2.24, 2.45) is 0 Å². The Labute approximate surface area is 137 Å². The summed E-state index contributed by atoms with van der Waals surface area (Å²) in [5, 5.41) is 0. The van der Waals surface area contributed by atoms with Gasteiger partial charge in [0.05, 0.1) is 30.8 Å². The van der Waals surface area contributed by atoms with Gasteiger partial charge in [-0.25, -0.2) is 4.98 Å². The molecule has 20 heavy (non-hydrogen) atoms. The van der Waals surface area contributed by atoms with Gasteiger partial charge in [-0.15, -0.1) is 11.3 Å². The Morgan fingerprint density at radius 1 is 1.25 bits per heavy atom. The number of quaternary nitrogens is 1. The van der Waals surface area contributed by atoms with Gasteiger partial charge in [0.1, 0.15) is 6.54 Å². The molecule has 0 atom stereocenters. The first-order chi connectivity index (χ1) is 9.06. The highest BCUT2D eigenvalue weighted by molar-refractivity contribution is 7.09. The normalized spacial score (nSPS) is 11.2. The van der Waals surface area contributed by atoms with E-state index >= 15 is 0 Å². The summed E-state index contributed by atoms with van der Waals surface area (Å²) >= 11 is 1.70. The number of nitrogens with zero attached hydrogens (tertiary/aromatic N) is 2. The molecule has 0 spiro atoms. The molecule has 0 saturated carbocycles. The van der Waals surface area contributed by atoms with Crippen molar-refractivity contribution in [3.63, 3.8) is 0 Å². The molecule has 0 bridgehead atoms. The Morgan fingerprint density at radius 3 is 2.30 bits per heavy atom. The number of aryl methyl sites for hydroxylation is 2. The van der Waals surface area contributed by atoms with Crippen LogP contribution in [0.15, 0.2) is 5.51 Å². The van der Waals surface area contributed by atoms with Gasteiger partial charge in [0, 0.05) is 11.3 Å². The highest BCUT2D eigenvalue weighted by atomic mass is 79.9. The SMILES string of the molecule is CC[N+](CC)(CC)CC(=O)CCCc1scnc1C.[Br-]. The van der Waals surface area contributed by atoms with E-state index < -0.39 is 0 Å². The van der Waals surface area contributed by atoms with E-state index in [-0.39, 0.29) is 17.0 Å². The third-order valence-electron chi connectivity index (χ3n) is 4.23. The lowest BCUT2D eigenvalue weighted by atomic mass is 10.1. The maximum Gasteiger partial charge on any atom is 0.186 e. The van der Waals surface area contributed by atoms with Crippen LogP contribution in [-0.2, 0) is 11.2 Å². The zero-order chi connectivity index (χ0) is 14.3. The summed E-state index contributed by atoms with van der Waals surface area (Å²) in [4.78, 5) is 17.7. The lowest BCUT2D eigenvalue weighted by Gasteiger charge is -2.35. The van der Waals surface area contributed by atoms with Crippen LogP contribution < -0.4 is 17.0 Å².